The van der Waals surface area contributed by atoms with Gasteiger partial charge in [-0.15, -0.1) is 0 Å². The van der Waals surface area contributed by atoms with Crippen LogP contribution in [-0.4, -0.2) is 19.1 Å². The highest BCUT2D eigenvalue weighted by molar-refractivity contribution is 9.09. The average Bonchev–Trinajstić information content (AvgIpc) is 2.30. The molecular formula is C10H9BrClNO2. The Morgan fingerprint density at radius 3 is 2.80 bits per heavy atom. The third kappa shape index (κ3) is 2.44. The van der Waals surface area contributed by atoms with Crippen molar-refractivity contribution in [1.82, 2.24) is 0 Å². The molecule has 1 aromatic rings. The number of rotatable bonds is 2. The molecule has 0 N–H and O–H groups in total. The SMILES string of the molecule is Clc1ccccc1C(Br)C1=NOCCO1. The van der Waals surface area contributed by atoms with Crippen LogP contribution in [0.3, 0.4) is 0 Å². The number of hydrogen-bond acceptors (Lipinski definition) is 3. The highest BCUT2D eigenvalue weighted by Gasteiger charge is 2.21. The zero-order valence-corrected chi connectivity index (χ0v) is 10.2. The molecule has 1 aliphatic rings. The summed E-state index contributed by atoms with van der Waals surface area (Å²) in [6.45, 7) is 1.01. The number of ether oxygens (including phenoxy) is 1. The second kappa shape index (κ2) is 4.86. The summed E-state index contributed by atoms with van der Waals surface area (Å²) in [5.74, 6) is 0.509. The maximum Gasteiger partial charge on any atom is 0.244 e. The molecule has 0 aromatic heterocycles. The lowest BCUT2D eigenvalue weighted by Crippen LogP contribution is -2.20. The summed E-state index contributed by atoms with van der Waals surface area (Å²) in [6.07, 6.45) is 0. The second-order valence-electron chi connectivity index (χ2n) is 3.00. The molecular weight excluding hydrogens is 281 g/mol. The van der Waals surface area contributed by atoms with Crippen LogP contribution in [0, 0.1) is 0 Å². The van der Waals surface area contributed by atoms with Crippen molar-refractivity contribution in [2.45, 2.75) is 4.83 Å². The van der Waals surface area contributed by atoms with E-state index in [0.717, 1.165) is 5.56 Å². The fourth-order valence-corrected chi connectivity index (χ4v) is 2.24. The molecule has 1 unspecified atom stereocenters. The molecule has 15 heavy (non-hydrogen) atoms. The zero-order valence-electron chi connectivity index (χ0n) is 7.82. The van der Waals surface area contributed by atoms with Crippen molar-refractivity contribution in [3.05, 3.63) is 34.9 Å². The fourth-order valence-electron chi connectivity index (χ4n) is 1.25. The van der Waals surface area contributed by atoms with E-state index in [1.165, 1.54) is 0 Å². The molecule has 1 aliphatic heterocycles. The minimum Gasteiger partial charge on any atom is -0.474 e. The summed E-state index contributed by atoms with van der Waals surface area (Å²) in [5, 5.41) is 4.51. The van der Waals surface area contributed by atoms with Gasteiger partial charge in [0, 0.05) is 5.02 Å². The summed E-state index contributed by atoms with van der Waals surface area (Å²) in [6, 6.07) is 7.54. The highest BCUT2D eigenvalue weighted by atomic mass is 79.9. The van der Waals surface area contributed by atoms with Gasteiger partial charge in [0.05, 0.1) is 0 Å². The van der Waals surface area contributed by atoms with Crippen LogP contribution in [0.2, 0.25) is 5.02 Å². The lowest BCUT2D eigenvalue weighted by molar-refractivity contribution is 0.0623. The number of benzene rings is 1. The predicted octanol–water partition coefficient (Wildman–Crippen LogP) is 3.14. The summed E-state index contributed by atoms with van der Waals surface area (Å²) in [7, 11) is 0. The largest absolute Gasteiger partial charge is 0.474 e. The van der Waals surface area contributed by atoms with Gasteiger partial charge < -0.3 is 9.57 Å². The Hall–Kier alpha value is -0.740. The molecule has 2 rings (SSSR count). The monoisotopic (exact) mass is 289 g/mol. The maximum absolute atomic E-state index is 6.06. The molecule has 5 heteroatoms. The molecule has 0 spiro atoms. The lowest BCUT2D eigenvalue weighted by atomic mass is 10.1. The van der Waals surface area contributed by atoms with E-state index < -0.39 is 0 Å². The smallest absolute Gasteiger partial charge is 0.244 e. The number of nitrogens with zero attached hydrogens (tertiary/aromatic N) is 1. The molecule has 1 heterocycles. The van der Waals surface area contributed by atoms with Crippen molar-refractivity contribution in [3.63, 3.8) is 0 Å². The van der Waals surface area contributed by atoms with Crippen LogP contribution in [0.1, 0.15) is 10.4 Å². The van der Waals surface area contributed by atoms with Crippen LogP contribution in [-0.2, 0) is 9.57 Å². The topological polar surface area (TPSA) is 30.8 Å². The Morgan fingerprint density at radius 2 is 2.13 bits per heavy atom. The first-order valence-corrected chi connectivity index (χ1v) is 5.79. The number of oxime groups is 1. The summed E-state index contributed by atoms with van der Waals surface area (Å²) < 4.78 is 5.37. The Morgan fingerprint density at radius 1 is 1.33 bits per heavy atom. The van der Waals surface area contributed by atoms with Crippen molar-refractivity contribution >= 4 is 33.4 Å². The first-order chi connectivity index (χ1) is 7.29. The Labute approximate surface area is 101 Å². The number of hydrogen-bond donors (Lipinski definition) is 0. The molecule has 0 saturated carbocycles. The van der Waals surface area contributed by atoms with Crippen molar-refractivity contribution < 1.29 is 9.57 Å². The number of alkyl halides is 1. The lowest BCUT2D eigenvalue weighted by Gasteiger charge is -2.18. The molecule has 80 valence electrons. The predicted molar refractivity (Wildman–Crippen MR) is 62.5 cm³/mol. The molecule has 0 bridgehead atoms. The normalized spacial score (nSPS) is 17.3. The first kappa shape index (κ1) is 10.8. The first-order valence-electron chi connectivity index (χ1n) is 4.50. The van der Waals surface area contributed by atoms with Crippen LogP contribution in [0.25, 0.3) is 0 Å². The Bertz CT molecular complexity index is 383. The molecule has 0 saturated heterocycles. The van der Waals surface area contributed by atoms with Crippen LogP contribution in [0.5, 0.6) is 0 Å². The van der Waals surface area contributed by atoms with E-state index >= 15 is 0 Å². The fraction of sp³-hybridized carbons (Fsp3) is 0.300. The van der Waals surface area contributed by atoms with Gasteiger partial charge in [-0.1, -0.05) is 50.9 Å². The van der Waals surface area contributed by atoms with E-state index in [1.54, 1.807) is 0 Å². The van der Waals surface area contributed by atoms with Crippen LogP contribution in [0.4, 0.5) is 0 Å². The van der Waals surface area contributed by atoms with Crippen LogP contribution < -0.4 is 0 Å². The summed E-state index contributed by atoms with van der Waals surface area (Å²) in [4.78, 5) is 4.79. The third-order valence-corrected chi connectivity index (χ3v) is 3.20. The van der Waals surface area contributed by atoms with Gasteiger partial charge in [-0.3, -0.25) is 0 Å². The Kier molecular flexibility index (Phi) is 3.49. The summed E-state index contributed by atoms with van der Waals surface area (Å²) >= 11 is 9.54. The third-order valence-electron chi connectivity index (χ3n) is 1.97. The average molecular weight is 291 g/mol. The summed E-state index contributed by atoms with van der Waals surface area (Å²) in [5.41, 5.74) is 0.920. The van der Waals surface area contributed by atoms with Gasteiger partial charge in [-0.2, -0.15) is 0 Å². The molecule has 0 radical (unpaired) electrons. The van der Waals surface area contributed by atoms with Gasteiger partial charge in [-0.25, -0.2) is 0 Å². The van der Waals surface area contributed by atoms with E-state index in [2.05, 4.69) is 21.1 Å². The van der Waals surface area contributed by atoms with E-state index in [-0.39, 0.29) is 4.83 Å². The standard InChI is InChI=1S/C10H9BrClNO2/c11-9(10-13-15-6-5-14-10)7-3-1-2-4-8(7)12/h1-4,9H,5-6H2. The van der Waals surface area contributed by atoms with Gasteiger partial charge in [0.25, 0.3) is 0 Å². The zero-order chi connectivity index (χ0) is 10.7. The van der Waals surface area contributed by atoms with E-state index in [0.29, 0.717) is 24.1 Å². The van der Waals surface area contributed by atoms with Crippen molar-refractivity contribution in [3.8, 4) is 0 Å². The van der Waals surface area contributed by atoms with Crippen molar-refractivity contribution in [2.75, 3.05) is 13.2 Å². The van der Waals surface area contributed by atoms with Gasteiger partial charge in [0.2, 0.25) is 5.90 Å². The van der Waals surface area contributed by atoms with Crippen molar-refractivity contribution in [1.29, 1.82) is 0 Å². The van der Waals surface area contributed by atoms with E-state index in [9.17, 15) is 0 Å². The molecule has 3 nitrogen and oxygen atoms in total. The number of halogens is 2. The maximum atomic E-state index is 6.06. The minimum absolute atomic E-state index is 0.161. The van der Waals surface area contributed by atoms with E-state index in [1.807, 2.05) is 24.3 Å². The second-order valence-corrected chi connectivity index (χ2v) is 4.32. The van der Waals surface area contributed by atoms with Gasteiger partial charge in [0.1, 0.15) is 11.4 Å². The van der Waals surface area contributed by atoms with E-state index in [4.69, 9.17) is 21.2 Å². The van der Waals surface area contributed by atoms with Gasteiger partial charge in [-0.05, 0) is 11.6 Å². The molecule has 0 aliphatic carbocycles. The van der Waals surface area contributed by atoms with Gasteiger partial charge >= 0.3 is 0 Å². The molecule has 1 aromatic carbocycles. The van der Waals surface area contributed by atoms with Crippen LogP contribution in [0.15, 0.2) is 29.4 Å². The highest BCUT2D eigenvalue weighted by Crippen LogP contribution is 2.31. The minimum atomic E-state index is -0.161. The van der Waals surface area contributed by atoms with Crippen molar-refractivity contribution in [2.24, 2.45) is 5.16 Å². The van der Waals surface area contributed by atoms with Gasteiger partial charge in [0.15, 0.2) is 6.61 Å². The quantitative estimate of drug-likeness (QED) is 0.784. The molecule has 1 atom stereocenters. The molecule has 0 fully saturated rings. The van der Waals surface area contributed by atoms with Crippen LogP contribution >= 0.6 is 27.5 Å². The molecule has 0 amide bonds. The Balaban J connectivity index is 2.23.